The number of anilines is 2. The molecule has 0 saturated carbocycles. The van der Waals surface area contributed by atoms with Gasteiger partial charge in [0.05, 0.1) is 11.4 Å². The molecule has 0 bridgehead atoms. The SMILES string of the molecule is Cc1ccc(C)c(N=C2C(=O)N(CC(=O)Nc3ccccc3C)c3ccccc32)c1. The molecule has 1 aliphatic rings. The van der Waals surface area contributed by atoms with Gasteiger partial charge in [0.1, 0.15) is 12.3 Å². The van der Waals surface area contributed by atoms with Gasteiger partial charge in [0, 0.05) is 11.3 Å². The molecule has 3 aromatic carbocycles. The summed E-state index contributed by atoms with van der Waals surface area (Å²) in [5.74, 6) is -0.516. The van der Waals surface area contributed by atoms with Crippen molar-refractivity contribution in [2.75, 3.05) is 16.8 Å². The van der Waals surface area contributed by atoms with Crippen molar-refractivity contribution in [2.24, 2.45) is 4.99 Å². The standard InChI is InChI=1S/C25H23N3O2/c1-16-12-13-18(3)21(14-16)27-24-19-9-5-7-11-22(19)28(25(24)30)15-23(29)26-20-10-6-4-8-17(20)2/h4-14H,15H2,1-3H3,(H,26,29). The first-order chi connectivity index (χ1) is 14.4. The normalized spacial score (nSPS) is 14.2. The molecule has 1 heterocycles. The fourth-order valence-corrected chi connectivity index (χ4v) is 3.53. The van der Waals surface area contributed by atoms with Crippen molar-refractivity contribution in [1.82, 2.24) is 0 Å². The van der Waals surface area contributed by atoms with E-state index in [1.165, 1.54) is 4.90 Å². The van der Waals surface area contributed by atoms with Crippen molar-refractivity contribution in [1.29, 1.82) is 0 Å². The number of carbonyl (C=O) groups excluding carboxylic acids is 2. The zero-order chi connectivity index (χ0) is 21.3. The first-order valence-corrected chi connectivity index (χ1v) is 9.87. The van der Waals surface area contributed by atoms with Crippen molar-refractivity contribution in [2.45, 2.75) is 20.8 Å². The summed E-state index contributed by atoms with van der Waals surface area (Å²) in [6, 6.07) is 21.0. The van der Waals surface area contributed by atoms with Gasteiger partial charge in [-0.15, -0.1) is 0 Å². The largest absolute Gasteiger partial charge is 0.324 e. The van der Waals surface area contributed by atoms with Crippen LogP contribution in [0.4, 0.5) is 17.1 Å². The van der Waals surface area contributed by atoms with Crippen LogP contribution in [0.1, 0.15) is 22.3 Å². The fourth-order valence-electron chi connectivity index (χ4n) is 3.53. The molecule has 0 saturated heterocycles. The topological polar surface area (TPSA) is 61.8 Å². The van der Waals surface area contributed by atoms with E-state index >= 15 is 0 Å². The lowest BCUT2D eigenvalue weighted by Gasteiger charge is -2.17. The summed E-state index contributed by atoms with van der Waals surface area (Å²) in [7, 11) is 0. The van der Waals surface area contributed by atoms with Gasteiger partial charge in [-0.05, 0) is 55.7 Å². The van der Waals surface area contributed by atoms with Crippen LogP contribution in [0.3, 0.4) is 0 Å². The highest BCUT2D eigenvalue weighted by Crippen LogP contribution is 2.31. The smallest absolute Gasteiger partial charge is 0.278 e. The van der Waals surface area contributed by atoms with Crippen LogP contribution in [0.15, 0.2) is 71.7 Å². The van der Waals surface area contributed by atoms with Gasteiger partial charge in [-0.25, -0.2) is 4.99 Å². The lowest BCUT2D eigenvalue weighted by Crippen LogP contribution is -2.37. The summed E-state index contributed by atoms with van der Waals surface area (Å²) in [6.45, 7) is 5.82. The lowest BCUT2D eigenvalue weighted by atomic mass is 10.1. The molecule has 3 aromatic rings. The molecular formula is C25H23N3O2. The Morgan fingerprint density at radius 2 is 1.67 bits per heavy atom. The van der Waals surface area contributed by atoms with E-state index in [0.29, 0.717) is 11.4 Å². The van der Waals surface area contributed by atoms with E-state index in [1.54, 1.807) is 0 Å². The van der Waals surface area contributed by atoms with Gasteiger partial charge in [-0.2, -0.15) is 0 Å². The molecular weight excluding hydrogens is 374 g/mol. The third-order valence-corrected chi connectivity index (χ3v) is 5.22. The summed E-state index contributed by atoms with van der Waals surface area (Å²) in [6.07, 6.45) is 0. The van der Waals surface area contributed by atoms with Crippen molar-refractivity contribution < 1.29 is 9.59 Å². The van der Waals surface area contributed by atoms with Crippen molar-refractivity contribution >= 4 is 34.6 Å². The van der Waals surface area contributed by atoms with Crippen molar-refractivity contribution in [3.05, 3.63) is 89.0 Å². The van der Waals surface area contributed by atoms with E-state index in [1.807, 2.05) is 87.5 Å². The molecule has 4 rings (SSSR count). The number of benzene rings is 3. The predicted molar refractivity (Wildman–Crippen MR) is 121 cm³/mol. The quantitative estimate of drug-likeness (QED) is 0.693. The maximum atomic E-state index is 13.2. The fraction of sp³-hybridized carbons (Fsp3) is 0.160. The van der Waals surface area contributed by atoms with Crippen LogP contribution < -0.4 is 10.2 Å². The lowest BCUT2D eigenvalue weighted by molar-refractivity contribution is -0.118. The van der Waals surface area contributed by atoms with Gasteiger partial charge in [0.15, 0.2) is 0 Å². The summed E-state index contributed by atoms with van der Waals surface area (Å²) in [4.78, 5) is 32.1. The van der Waals surface area contributed by atoms with Gasteiger partial charge in [-0.3, -0.25) is 14.5 Å². The van der Waals surface area contributed by atoms with Crippen molar-refractivity contribution in [3.8, 4) is 0 Å². The first kappa shape index (κ1) is 19.6. The van der Waals surface area contributed by atoms with Gasteiger partial charge in [-0.1, -0.05) is 48.5 Å². The van der Waals surface area contributed by atoms with Crippen LogP contribution in [0, 0.1) is 20.8 Å². The number of para-hydroxylation sites is 2. The Balaban J connectivity index is 1.65. The number of nitrogens with one attached hydrogen (secondary N) is 1. The van der Waals surface area contributed by atoms with Crippen LogP contribution >= 0.6 is 0 Å². The van der Waals surface area contributed by atoms with E-state index < -0.39 is 0 Å². The number of aryl methyl sites for hydroxylation is 3. The molecule has 5 nitrogen and oxygen atoms in total. The highest BCUT2D eigenvalue weighted by molar-refractivity contribution is 6.55. The van der Waals surface area contributed by atoms with E-state index in [-0.39, 0.29) is 18.4 Å². The van der Waals surface area contributed by atoms with E-state index in [2.05, 4.69) is 5.32 Å². The minimum absolute atomic E-state index is 0.0734. The van der Waals surface area contributed by atoms with E-state index in [9.17, 15) is 9.59 Å². The number of nitrogens with zero attached hydrogens (tertiary/aromatic N) is 2. The van der Waals surface area contributed by atoms with Gasteiger partial charge < -0.3 is 5.32 Å². The maximum Gasteiger partial charge on any atom is 0.278 e. The van der Waals surface area contributed by atoms with E-state index in [0.717, 1.165) is 33.6 Å². The molecule has 1 aliphatic heterocycles. The number of aliphatic imine (C=N–C) groups is 1. The van der Waals surface area contributed by atoms with Crippen LogP contribution in [-0.4, -0.2) is 24.1 Å². The average molecular weight is 397 g/mol. The molecule has 2 amide bonds. The second-order valence-electron chi connectivity index (χ2n) is 7.52. The highest BCUT2D eigenvalue weighted by atomic mass is 16.2. The average Bonchev–Trinajstić information content (AvgIpc) is 2.98. The Labute approximate surface area is 176 Å². The molecule has 0 atom stereocenters. The second kappa shape index (κ2) is 7.95. The maximum absolute atomic E-state index is 13.2. The van der Waals surface area contributed by atoms with Crippen LogP contribution in [0.5, 0.6) is 0 Å². The number of rotatable bonds is 4. The highest BCUT2D eigenvalue weighted by Gasteiger charge is 2.35. The summed E-state index contributed by atoms with van der Waals surface area (Å²) >= 11 is 0. The molecule has 0 aromatic heterocycles. The number of amides is 2. The number of carbonyl (C=O) groups is 2. The summed E-state index contributed by atoms with van der Waals surface area (Å²) in [5.41, 5.74) is 6.35. The first-order valence-electron chi connectivity index (χ1n) is 9.87. The number of fused-ring (bicyclic) bond motifs is 1. The number of hydrogen-bond acceptors (Lipinski definition) is 3. The molecule has 0 radical (unpaired) electrons. The summed E-state index contributed by atoms with van der Waals surface area (Å²) < 4.78 is 0. The van der Waals surface area contributed by atoms with E-state index in [4.69, 9.17) is 4.99 Å². The summed E-state index contributed by atoms with van der Waals surface area (Å²) in [5, 5.41) is 2.90. The Bertz CT molecular complexity index is 1180. The second-order valence-corrected chi connectivity index (χ2v) is 7.52. The predicted octanol–water partition coefficient (Wildman–Crippen LogP) is 4.72. The third kappa shape index (κ3) is 3.74. The monoisotopic (exact) mass is 397 g/mol. The van der Waals surface area contributed by atoms with Crippen LogP contribution in [0.25, 0.3) is 0 Å². The zero-order valence-electron chi connectivity index (χ0n) is 17.3. The Morgan fingerprint density at radius 1 is 0.933 bits per heavy atom. The molecule has 5 heteroatoms. The van der Waals surface area contributed by atoms with Gasteiger partial charge >= 0.3 is 0 Å². The Hall–Kier alpha value is -3.73. The van der Waals surface area contributed by atoms with Gasteiger partial charge in [0.2, 0.25) is 5.91 Å². The Kier molecular flexibility index (Phi) is 5.19. The van der Waals surface area contributed by atoms with Crippen LogP contribution in [0.2, 0.25) is 0 Å². The van der Waals surface area contributed by atoms with Gasteiger partial charge in [0.25, 0.3) is 5.91 Å². The van der Waals surface area contributed by atoms with Crippen molar-refractivity contribution in [3.63, 3.8) is 0 Å². The molecule has 0 aliphatic carbocycles. The van der Waals surface area contributed by atoms with Crippen LogP contribution in [-0.2, 0) is 9.59 Å². The Morgan fingerprint density at radius 3 is 2.47 bits per heavy atom. The minimum atomic E-state index is -0.267. The molecule has 0 fully saturated rings. The number of hydrogen-bond donors (Lipinski definition) is 1. The molecule has 150 valence electrons. The minimum Gasteiger partial charge on any atom is -0.324 e. The zero-order valence-corrected chi connectivity index (χ0v) is 17.3. The third-order valence-electron chi connectivity index (χ3n) is 5.22. The molecule has 0 unspecified atom stereocenters. The molecule has 0 spiro atoms. The molecule has 30 heavy (non-hydrogen) atoms. The molecule has 1 N–H and O–H groups in total.